The van der Waals surface area contributed by atoms with Gasteiger partial charge in [0.15, 0.2) is 0 Å². The van der Waals surface area contributed by atoms with Gasteiger partial charge in [0.25, 0.3) is 0 Å². The highest BCUT2D eigenvalue weighted by Crippen LogP contribution is 2.14. The van der Waals surface area contributed by atoms with Gasteiger partial charge in [-0.2, -0.15) is 0 Å². The second-order valence-corrected chi connectivity index (χ2v) is 6.02. The second kappa shape index (κ2) is 5.28. The predicted octanol–water partition coefficient (Wildman–Crippen LogP) is 3.58. The van der Waals surface area contributed by atoms with Gasteiger partial charge in [0, 0.05) is 0 Å². The fraction of sp³-hybridized carbons (Fsp3) is 0.833. The lowest BCUT2D eigenvalue weighted by Gasteiger charge is -2.18. The molecule has 0 aliphatic rings. The highest BCUT2D eigenvalue weighted by molar-refractivity contribution is 4.68. The number of rotatable bonds is 4. The highest BCUT2D eigenvalue weighted by Gasteiger charge is 2.10. The molecule has 0 saturated heterocycles. The van der Waals surface area contributed by atoms with Crippen molar-refractivity contribution in [3.63, 3.8) is 0 Å². The molecule has 0 aliphatic carbocycles. The van der Waals surface area contributed by atoms with E-state index in [0.29, 0.717) is 13.2 Å². The average Bonchev–Trinajstić information content (AvgIpc) is 1.92. The molecule has 0 saturated carbocycles. The van der Waals surface area contributed by atoms with Crippen LogP contribution in [0.5, 0.6) is 0 Å². The van der Waals surface area contributed by atoms with Crippen molar-refractivity contribution in [3.8, 4) is 0 Å². The van der Waals surface area contributed by atoms with Crippen molar-refractivity contribution in [1.29, 1.82) is 0 Å². The molecule has 0 fully saturated rings. The Hall–Kier alpha value is -0.660. The van der Waals surface area contributed by atoms with E-state index < -0.39 is 0 Å². The van der Waals surface area contributed by atoms with Crippen LogP contribution in [0, 0.1) is 10.8 Å². The molecular formula is C12H24O2. The maximum absolute atomic E-state index is 5.31. The quantitative estimate of drug-likeness (QED) is 0.646. The molecule has 0 bridgehead atoms. The largest absolute Gasteiger partial charge is 0.497 e. The summed E-state index contributed by atoms with van der Waals surface area (Å²) in [5.74, 6) is 0. The Morgan fingerprint density at radius 3 is 1.21 bits per heavy atom. The maximum Gasteiger partial charge on any atom is 0.117 e. The number of hydrogen-bond donors (Lipinski definition) is 0. The summed E-state index contributed by atoms with van der Waals surface area (Å²) in [6.07, 6.45) is 3.24. The van der Waals surface area contributed by atoms with Crippen LogP contribution in [-0.4, -0.2) is 13.2 Å². The summed E-state index contributed by atoms with van der Waals surface area (Å²) in [5.41, 5.74) is 0.405. The van der Waals surface area contributed by atoms with Crippen LogP contribution >= 0.6 is 0 Å². The zero-order chi connectivity index (χ0) is 11.2. The molecule has 0 atom stereocenters. The first-order chi connectivity index (χ1) is 6.21. The van der Waals surface area contributed by atoms with Crippen LogP contribution in [0.25, 0.3) is 0 Å². The van der Waals surface area contributed by atoms with E-state index in [0.717, 1.165) is 0 Å². The van der Waals surface area contributed by atoms with Crippen LogP contribution in [0.1, 0.15) is 41.5 Å². The standard InChI is InChI=1S/C12H24O2/c1-11(2,3)9-13-7-8-14-10-12(4,5)6/h7-8H,9-10H2,1-6H3. The third kappa shape index (κ3) is 11.3. The van der Waals surface area contributed by atoms with Crippen molar-refractivity contribution in [2.24, 2.45) is 10.8 Å². The van der Waals surface area contributed by atoms with Crippen molar-refractivity contribution >= 4 is 0 Å². The molecule has 0 aromatic rings. The molecule has 84 valence electrons. The van der Waals surface area contributed by atoms with Gasteiger partial charge in [0.05, 0.1) is 13.2 Å². The zero-order valence-corrected chi connectivity index (χ0v) is 10.4. The molecule has 0 amide bonds. The minimum atomic E-state index is 0.203. The summed E-state index contributed by atoms with van der Waals surface area (Å²) in [6, 6.07) is 0. The highest BCUT2D eigenvalue weighted by atomic mass is 16.5. The van der Waals surface area contributed by atoms with E-state index in [1.807, 2.05) is 0 Å². The van der Waals surface area contributed by atoms with Gasteiger partial charge in [-0.15, -0.1) is 0 Å². The monoisotopic (exact) mass is 200 g/mol. The molecule has 0 aromatic carbocycles. The normalized spacial score (nSPS) is 13.3. The summed E-state index contributed by atoms with van der Waals surface area (Å²) in [5, 5.41) is 0. The van der Waals surface area contributed by atoms with Crippen molar-refractivity contribution in [2.75, 3.05) is 13.2 Å². The first-order valence-electron chi connectivity index (χ1n) is 5.09. The molecule has 2 heteroatoms. The Morgan fingerprint density at radius 2 is 1.00 bits per heavy atom. The lowest BCUT2D eigenvalue weighted by molar-refractivity contribution is 0.120. The molecule has 2 nitrogen and oxygen atoms in total. The van der Waals surface area contributed by atoms with Gasteiger partial charge in [-0.1, -0.05) is 41.5 Å². The van der Waals surface area contributed by atoms with Crippen molar-refractivity contribution in [2.45, 2.75) is 41.5 Å². The smallest absolute Gasteiger partial charge is 0.117 e. The van der Waals surface area contributed by atoms with Gasteiger partial charge < -0.3 is 9.47 Å². The average molecular weight is 200 g/mol. The van der Waals surface area contributed by atoms with Crippen molar-refractivity contribution < 1.29 is 9.47 Å². The SMILES string of the molecule is CC(C)(C)COC=COCC(C)(C)C. The van der Waals surface area contributed by atoms with E-state index in [-0.39, 0.29) is 10.8 Å². The molecule has 14 heavy (non-hydrogen) atoms. The van der Waals surface area contributed by atoms with E-state index in [1.165, 1.54) is 0 Å². The van der Waals surface area contributed by atoms with Crippen LogP contribution in [0.4, 0.5) is 0 Å². The predicted molar refractivity (Wildman–Crippen MR) is 60.0 cm³/mol. The van der Waals surface area contributed by atoms with Gasteiger partial charge >= 0.3 is 0 Å². The van der Waals surface area contributed by atoms with Crippen LogP contribution < -0.4 is 0 Å². The summed E-state index contributed by atoms with van der Waals surface area (Å²) < 4.78 is 10.6. The lowest BCUT2D eigenvalue weighted by Crippen LogP contribution is -2.13. The minimum absolute atomic E-state index is 0.203. The molecule has 0 spiro atoms. The topological polar surface area (TPSA) is 18.5 Å². The van der Waals surface area contributed by atoms with Crippen LogP contribution in [0.15, 0.2) is 12.5 Å². The van der Waals surface area contributed by atoms with E-state index >= 15 is 0 Å². The third-order valence-corrected chi connectivity index (χ3v) is 1.28. The number of hydrogen-bond acceptors (Lipinski definition) is 2. The van der Waals surface area contributed by atoms with E-state index in [4.69, 9.17) is 9.47 Å². The van der Waals surface area contributed by atoms with Crippen LogP contribution in [0.3, 0.4) is 0 Å². The van der Waals surface area contributed by atoms with Gasteiger partial charge in [-0.3, -0.25) is 0 Å². The van der Waals surface area contributed by atoms with E-state index in [9.17, 15) is 0 Å². The first-order valence-corrected chi connectivity index (χ1v) is 5.09. The lowest BCUT2D eigenvalue weighted by atomic mass is 9.99. The fourth-order valence-electron chi connectivity index (χ4n) is 0.675. The molecular weight excluding hydrogens is 176 g/mol. The number of ether oxygens (including phenoxy) is 2. The molecule has 0 aromatic heterocycles. The summed E-state index contributed by atoms with van der Waals surface area (Å²) >= 11 is 0. The molecule has 0 aliphatic heterocycles. The van der Waals surface area contributed by atoms with Gasteiger partial charge in [-0.05, 0) is 10.8 Å². The summed E-state index contributed by atoms with van der Waals surface area (Å²) in [7, 11) is 0. The first kappa shape index (κ1) is 13.3. The minimum Gasteiger partial charge on any atom is -0.497 e. The third-order valence-electron chi connectivity index (χ3n) is 1.28. The Labute approximate surface area is 88.3 Å². The fourth-order valence-corrected chi connectivity index (χ4v) is 0.675. The van der Waals surface area contributed by atoms with Gasteiger partial charge in [-0.25, -0.2) is 0 Å². The summed E-state index contributed by atoms with van der Waals surface area (Å²) in [4.78, 5) is 0. The maximum atomic E-state index is 5.31. The molecule has 0 radical (unpaired) electrons. The Morgan fingerprint density at radius 1 is 0.714 bits per heavy atom. The van der Waals surface area contributed by atoms with E-state index in [2.05, 4.69) is 41.5 Å². The zero-order valence-electron chi connectivity index (χ0n) is 10.4. The Kier molecular flexibility index (Phi) is 5.03. The molecule has 0 heterocycles. The van der Waals surface area contributed by atoms with Crippen LogP contribution in [0.2, 0.25) is 0 Å². The van der Waals surface area contributed by atoms with Gasteiger partial charge in [0.1, 0.15) is 12.5 Å². The summed E-state index contributed by atoms with van der Waals surface area (Å²) in [6.45, 7) is 14.2. The molecule has 0 unspecified atom stereocenters. The van der Waals surface area contributed by atoms with E-state index in [1.54, 1.807) is 12.5 Å². The van der Waals surface area contributed by atoms with Crippen molar-refractivity contribution in [1.82, 2.24) is 0 Å². The Bertz CT molecular complexity index is 150. The van der Waals surface area contributed by atoms with Crippen LogP contribution in [-0.2, 0) is 9.47 Å². The van der Waals surface area contributed by atoms with Crippen molar-refractivity contribution in [3.05, 3.63) is 12.5 Å². The Balaban J connectivity index is 3.47. The molecule has 0 rings (SSSR count). The van der Waals surface area contributed by atoms with Gasteiger partial charge in [0.2, 0.25) is 0 Å². The second-order valence-electron chi connectivity index (χ2n) is 6.02. The molecule has 0 N–H and O–H groups in total.